The van der Waals surface area contributed by atoms with Gasteiger partial charge in [0.15, 0.2) is 0 Å². The number of anilines is 1. The van der Waals surface area contributed by atoms with Crippen LogP contribution in [-0.2, 0) is 6.42 Å². The molecule has 1 aliphatic heterocycles. The third kappa shape index (κ3) is 2.82. The first kappa shape index (κ1) is 14.2. The van der Waals surface area contributed by atoms with Gasteiger partial charge in [-0.25, -0.2) is 0 Å². The van der Waals surface area contributed by atoms with Crippen molar-refractivity contribution in [3.05, 3.63) is 28.8 Å². The Morgan fingerprint density at radius 2 is 1.95 bits per heavy atom. The maximum Gasteiger partial charge on any atom is 0.0410 e. The second kappa shape index (κ2) is 6.36. The third-order valence-electron chi connectivity index (χ3n) is 5.01. The van der Waals surface area contributed by atoms with E-state index in [4.69, 9.17) is 17.3 Å². The first-order valence-corrected chi connectivity index (χ1v) is 8.42. The summed E-state index contributed by atoms with van der Waals surface area (Å²) in [5, 5.41) is 0.828. The monoisotopic (exact) mass is 292 g/mol. The molecule has 1 saturated heterocycles. The van der Waals surface area contributed by atoms with Crippen LogP contribution in [0.25, 0.3) is 0 Å². The largest absolute Gasteiger partial charge is 0.368 e. The molecular weight excluding hydrogens is 268 g/mol. The average Bonchev–Trinajstić information content (AvgIpc) is 3.10. The van der Waals surface area contributed by atoms with Crippen LogP contribution in [0.15, 0.2) is 18.2 Å². The Morgan fingerprint density at radius 1 is 1.15 bits per heavy atom. The Balaban J connectivity index is 1.86. The van der Waals surface area contributed by atoms with Gasteiger partial charge in [-0.15, -0.1) is 0 Å². The van der Waals surface area contributed by atoms with Crippen molar-refractivity contribution in [1.82, 2.24) is 0 Å². The molecule has 1 aromatic carbocycles. The first-order valence-electron chi connectivity index (χ1n) is 8.04. The van der Waals surface area contributed by atoms with E-state index >= 15 is 0 Å². The van der Waals surface area contributed by atoms with E-state index in [0.717, 1.165) is 23.4 Å². The lowest BCUT2D eigenvalue weighted by molar-refractivity contribution is 0.430. The molecule has 2 aliphatic rings. The summed E-state index contributed by atoms with van der Waals surface area (Å²) in [6.45, 7) is 1.88. The first-order chi connectivity index (χ1) is 9.79. The fraction of sp³-hybridized carbons (Fsp3) is 0.647. The molecule has 2 fully saturated rings. The molecular formula is C17H25ClN2. The van der Waals surface area contributed by atoms with Gasteiger partial charge in [0.2, 0.25) is 0 Å². The predicted octanol–water partition coefficient (Wildman–Crippen LogP) is 4.00. The summed E-state index contributed by atoms with van der Waals surface area (Å²) in [6.07, 6.45) is 9.28. The summed E-state index contributed by atoms with van der Waals surface area (Å²) in [7, 11) is 0. The van der Waals surface area contributed by atoms with E-state index in [9.17, 15) is 0 Å². The van der Waals surface area contributed by atoms with E-state index in [-0.39, 0.29) is 0 Å². The molecule has 1 aromatic rings. The van der Waals surface area contributed by atoms with E-state index in [1.165, 1.54) is 56.3 Å². The highest BCUT2D eigenvalue weighted by atomic mass is 35.5. The number of nitrogens with two attached hydrogens (primary N) is 1. The van der Waals surface area contributed by atoms with Crippen LogP contribution in [0.1, 0.15) is 44.1 Å². The van der Waals surface area contributed by atoms with Crippen molar-refractivity contribution in [2.45, 2.75) is 51.0 Å². The minimum absolute atomic E-state index is 0.690. The number of halogens is 1. The molecule has 1 unspecified atom stereocenters. The van der Waals surface area contributed by atoms with Crippen molar-refractivity contribution >= 4 is 17.3 Å². The van der Waals surface area contributed by atoms with Gasteiger partial charge in [0.25, 0.3) is 0 Å². The minimum atomic E-state index is 0.690. The maximum atomic E-state index is 6.16. The van der Waals surface area contributed by atoms with Crippen molar-refractivity contribution in [3.63, 3.8) is 0 Å². The van der Waals surface area contributed by atoms with Crippen LogP contribution in [0.2, 0.25) is 5.02 Å². The van der Waals surface area contributed by atoms with E-state index in [2.05, 4.69) is 17.0 Å². The lowest BCUT2D eigenvalue weighted by Gasteiger charge is -2.33. The molecule has 3 rings (SSSR count). The number of hydrogen-bond acceptors (Lipinski definition) is 2. The molecule has 0 amide bonds. The van der Waals surface area contributed by atoms with Gasteiger partial charge in [-0.05, 0) is 68.3 Å². The summed E-state index contributed by atoms with van der Waals surface area (Å²) in [5.41, 5.74) is 8.48. The SMILES string of the molecule is NCCc1cc(Cl)ccc1N1CCCC1C1CCCC1. The van der Waals surface area contributed by atoms with Gasteiger partial charge >= 0.3 is 0 Å². The van der Waals surface area contributed by atoms with Gasteiger partial charge in [-0.3, -0.25) is 0 Å². The smallest absolute Gasteiger partial charge is 0.0410 e. The minimum Gasteiger partial charge on any atom is -0.368 e. The van der Waals surface area contributed by atoms with Gasteiger partial charge < -0.3 is 10.6 Å². The van der Waals surface area contributed by atoms with Gasteiger partial charge in [0, 0.05) is 23.3 Å². The van der Waals surface area contributed by atoms with Crippen LogP contribution in [0.4, 0.5) is 5.69 Å². The Bertz CT molecular complexity index is 454. The van der Waals surface area contributed by atoms with Gasteiger partial charge in [0.05, 0.1) is 0 Å². The van der Waals surface area contributed by atoms with Crippen LogP contribution in [-0.4, -0.2) is 19.1 Å². The van der Waals surface area contributed by atoms with E-state index < -0.39 is 0 Å². The lowest BCUT2D eigenvalue weighted by Crippen LogP contribution is -2.35. The number of rotatable bonds is 4. The second-order valence-electron chi connectivity index (χ2n) is 6.26. The summed E-state index contributed by atoms with van der Waals surface area (Å²) in [4.78, 5) is 2.65. The molecule has 0 radical (unpaired) electrons. The Morgan fingerprint density at radius 3 is 2.70 bits per heavy atom. The topological polar surface area (TPSA) is 29.3 Å². The highest BCUT2D eigenvalue weighted by molar-refractivity contribution is 6.30. The molecule has 1 aliphatic carbocycles. The molecule has 2 nitrogen and oxygen atoms in total. The normalized spacial score (nSPS) is 23.7. The molecule has 110 valence electrons. The van der Waals surface area contributed by atoms with E-state index in [1.54, 1.807) is 0 Å². The molecule has 0 spiro atoms. The molecule has 1 saturated carbocycles. The van der Waals surface area contributed by atoms with Gasteiger partial charge in [-0.2, -0.15) is 0 Å². The summed E-state index contributed by atoms with van der Waals surface area (Å²) < 4.78 is 0. The molecule has 1 atom stereocenters. The average molecular weight is 293 g/mol. The Kier molecular flexibility index (Phi) is 4.52. The number of hydrogen-bond donors (Lipinski definition) is 1. The summed E-state index contributed by atoms with van der Waals surface area (Å²) >= 11 is 6.16. The molecule has 3 heteroatoms. The lowest BCUT2D eigenvalue weighted by atomic mass is 9.95. The van der Waals surface area contributed by atoms with Crippen LogP contribution in [0.5, 0.6) is 0 Å². The van der Waals surface area contributed by atoms with E-state index in [0.29, 0.717) is 6.54 Å². The van der Waals surface area contributed by atoms with Crippen molar-refractivity contribution in [1.29, 1.82) is 0 Å². The van der Waals surface area contributed by atoms with Crippen molar-refractivity contribution in [2.24, 2.45) is 11.7 Å². The zero-order valence-electron chi connectivity index (χ0n) is 12.2. The predicted molar refractivity (Wildman–Crippen MR) is 86.5 cm³/mol. The third-order valence-corrected chi connectivity index (χ3v) is 5.24. The quantitative estimate of drug-likeness (QED) is 0.909. The van der Waals surface area contributed by atoms with Gasteiger partial charge in [0.1, 0.15) is 0 Å². The van der Waals surface area contributed by atoms with Crippen molar-refractivity contribution < 1.29 is 0 Å². The highest BCUT2D eigenvalue weighted by Gasteiger charge is 2.34. The molecule has 1 heterocycles. The zero-order valence-corrected chi connectivity index (χ0v) is 12.9. The van der Waals surface area contributed by atoms with Crippen LogP contribution in [0, 0.1) is 5.92 Å². The Hall–Kier alpha value is -0.730. The molecule has 2 N–H and O–H groups in total. The van der Waals surface area contributed by atoms with E-state index in [1.807, 2.05) is 6.07 Å². The van der Waals surface area contributed by atoms with Crippen LogP contribution >= 0.6 is 11.6 Å². The fourth-order valence-corrected chi connectivity index (χ4v) is 4.31. The van der Waals surface area contributed by atoms with Crippen molar-refractivity contribution in [3.8, 4) is 0 Å². The fourth-order valence-electron chi connectivity index (χ4n) is 4.11. The summed E-state index contributed by atoms with van der Waals surface area (Å²) in [5.74, 6) is 0.902. The number of nitrogens with zero attached hydrogens (tertiary/aromatic N) is 1. The number of benzene rings is 1. The maximum absolute atomic E-state index is 6.16. The standard InChI is InChI=1S/C17H25ClN2/c18-15-7-8-17(14(12-15)9-10-19)20-11-3-6-16(20)13-4-1-2-5-13/h7-8,12-13,16H,1-6,9-11,19H2. The molecule has 0 bridgehead atoms. The molecule has 0 aromatic heterocycles. The summed E-state index contributed by atoms with van der Waals surface area (Å²) in [6, 6.07) is 7.09. The van der Waals surface area contributed by atoms with Gasteiger partial charge in [-0.1, -0.05) is 24.4 Å². The Labute approximate surface area is 127 Å². The second-order valence-corrected chi connectivity index (χ2v) is 6.70. The van der Waals surface area contributed by atoms with Crippen LogP contribution in [0.3, 0.4) is 0 Å². The molecule has 20 heavy (non-hydrogen) atoms. The van der Waals surface area contributed by atoms with Crippen LogP contribution < -0.4 is 10.6 Å². The zero-order chi connectivity index (χ0) is 13.9. The van der Waals surface area contributed by atoms with Crippen molar-refractivity contribution in [2.75, 3.05) is 18.0 Å². The highest BCUT2D eigenvalue weighted by Crippen LogP contribution is 2.39.